The molecule has 29 heavy (non-hydrogen) atoms. The molecule has 152 valence electrons. The number of halogens is 1. The third-order valence-electron chi connectivity index (χ3n) is 5.41. The van der Waals surface area contributed by atoms with Crippen LogP contribution in [0, 0.1) is 5.82 Å². The molecule has 5 heteroatoms. The highest BCUT2D eigenvalue weighted by molar-refractivity contribution is 6.06. The number of hydrogen-bond acceptors (Lipinski definition) is 2. The Kier molecular flexibility index (Phi) is 6.47. The second-order valence-electron chi connectivity index (χ2n) is 7.61. The van der Waals surface area contributed by atoms with Crippen molar-refractivity contribution in [3.8, 4) is 0 Å². The lowest BCUT2D eigenvalue weighted by Gasteiger charge is -2.38. The van der Waals surface area contributed by atoms with Crippen molar-refractivity contribution in [2.75, 3.05) is 4.90 Å². The van der Waals surface area contributed by atoms with Gasteiger partial charge in [0.25, 0.3) is 5.91 Å². The van der Waals surface area contributed by atoms with Crippen molar-refractivity contribution in [2.45, 2.75) is 51.6 Å². The van der Waals surface area contributed by atoms with Gasteiger partial charge in [0, 0.05) is 23.8 Å². The fourth-order valence-corrected chi connectivity index (χ4v) is 3.70. The van der Waals surface area contributed by atoms with Gasteiger partial charge in [-0.1, -0.05) is 37.3 Å². The van der Waals surface area contributed by atoms with Crippen LogP contribution in [0.5, 0.6) is 0 Å². The SMILES string of the molecule is CCC(C)NC(=O)C1CC(C)N(C(=O)C=Cc2cccc(F)c2)c2ccccc21. The zero-order valence-corrected chi connectivity index (χ0v) is 17.1. The summed E-state index contributed by atoms with van der Waals surface area (Å²) in [4.78, 5) is 27.5. The van der Waals surface area contributed by atoms with Crippen LogP contribution in [0.1, 0.15) is 50.7 Å². The van der Waals surface area contributed by atoms with E-state index in [1.165, 1.54) is 18.2 Å². The molecule has 2 aromatic carbocycles. The third-order valence-corrected chi connectivity index (χ3v) is 5.41. The molecule has 0 aromatic heterocycles. The molecule has 3 atom stereocenters. The highest BCUT2D eigenvalue weighted by atomic mass is 19.1. The molecular weight excluding hydrogens is 367 g/mol. The fraction of sp³-hybridized carbons (Fsp3) is 0.333. The van der Waals surface area contributed by atoms with Gasteiger partial charge in [-0.15, -0.1) is 0 Å². The van der Waals surface area contributed by atoms with Gasteiger partial charge in [0.15, 0.2) is 0 Å². The van der Waals surface area contributed by atoms with Crippen LogP contribution in [-0.4, -0.2) is 23.9 Å². The first-order chi connectivity index (χ1) is 13.9. The standard InChI is InChI=1S/C24H27FN2O2/c1-4-16(2)26-24(29)21-14-17(3)27(22-11-6-5-10-20(21)22)23(28)13-12-18-8-7-9-19(25)15-18/h5-13,15-17,21H,4,14H2,1-3H3,(H,26,29). The van der Waals surface area contributed by atoms with Crippen molar-refractivity contribution in [1.82, 2.24) is 5.32 Å². The quantitative estimate of drug-likeness (QED) is 0.750. The molecule has 0 radical (unpaired) electrons. The second kappa shape index (κ2) is 9.03. The van der Waals surface area contributed by atoms with E-state index < -0.39 is 0 Å². The first-order valence-corrected chi connectivity index (χ1v) is 10.1. The molecule has 1 heterocycles. The maximum atomic E-state index is 13.4. The summed E-state index contributed by atoms with van der Waals surface area (Å²) in [6, 6.07) is 13.6. The molecule has 1 aliphatic heterocycles. The van der Waals surface area contributed by atoms with Crippen LogP contribution in [0.25, 0.3) is 6.08 Å². The zero-order valence-electron chi connectivity index (χ0n) is 17.1. The Morgan fingerprint density at radius 3 is 2.72 bits per heavy atom. The molecule has 3 unspecified atom stereocenters. The van der Waals surface area contributed by atoms with Crippen LogP contribution in [0.4, 0.5) is 10.1 Å². The van der Waals surface area contributed by atoms with Crippen molar-refractivity contribution in [3.63, 3.8) is 0 Å². The molecule has 0 fully saturated rings. The van der Waals surface area contributed by atoms with Gasteiger partial charge in [-0.25, -0.2) is 4.39 Å². The Balaban J connectivity index is 1.87. The van der Waals surface area contributed by atoms with E-state index in [2.05, 4.69) is 5.32 Å². The van der Waals surface area contributed by atoms with E-state index in [-0.39, 0.29) is 35.6 Å². The number of benzene rings is 2. The first kappa shape index (κ1) is 20.8. The predicted molar refractivity (Wildman–Crippen MR) is 114 cm³/mol. The first-order valence-electron chi connectivity index (χ1n) is 10.1. The molecule has 4 nitrogen and oxygen atoms in total. The van der Waals surface area contributed by atoms with Crippen LogP contribution in [0.15, 0.2) is 54.6 Å². The van der Waals surface area contributed by atoms with Crippen molar-refractivity contribution < 1.29 is 14.0 Å². The van der Waals surface area contributed by atoms with Crippen LogP contribution in [0.3, 0.4) is 0 Å². The number of carbonyl (C=O) groups is 2. The van der Waals surface area contributed by atoms with Crippen molar-refractivity contribution in [3.05, 3.63) is 71.6 Å². The molecule has 2 aromatic rings. The Bertz CT molecular complexity index is 925. The highest BCUT2D eigenvalue weighted by Gasteiger charge is 2.36. The van der Waals surface area contributed by atoms with Gasteiger partial charge in [-0.05, 0) is 62.1 Å². The van der Waals surface area contributed by atoms with E-state index in [9.17, 15) is 14.0 Å². The molecule has 1 aliphatic rings. The number of nitrogens with zero attached hydrogens (tertiary/aromatic N) is 1. The average Bonchev–Trinajstić information content (AvgIpc) is 2.71. The second-order valence-corrected chi connectivity index (χ2v) is 7.61. The zero-order chi connectivity index (χ0) is 21.0. The molecule has 0 saturated heterocycles. The number of nitrogens with one attached hydrogen (secondary N) is 1. The summed E-state index contributed by atoms with van der Waals surface area (Å²) in [6.45, 7) is 5.98. The van der Waals surface area contributed by atoms with Crippen LogP contribution in [0.2, 0.25) is 0 Å². The topological polar surface area (TPSA) is 49.4 Å². The Morgan fingerprint density at radius 1 is 1.24 bits per heavy atom. The van der Waals surface area contributed by atoms with Gasteiger partial charge < -0.3 is 10.2 Å². The van der Waals surface area contributed by atoms with Crippen LogP contribution >= 0.6 is 0 Å². The molecule has 0 bridgehead atoms. The lowest BCUT2D eigenvalue weighted by Crippen LogP contribution is -2.46. The highest BCUT2D eigenvalue weighted by Crippen LogP contribution is 2.38. The summed E-state index contributed by atoms with van der Waals surface area (Å²) in [7, 11) is 0. The average molecular weight is 394 g/mol. The minimum absolute atomic E-state index is 0.000974. The van der Waals surface area contributed by atoms with Gasteiger partial charge in [-0.3, -0.25) is 9.59 Å². The largest absolute Gasteiger partial charge is 0.353 e. The number of carbonyl (C=O) groups excluding carboxylic acids is 2. The van der Waals surface area contributed by atoms with Gasteiger partial charge >= 0.3 is 0 Å². The summed E-state index contributed by atoms with van der Waals surface area (Å²) in [5.41, 5.74) is 2.24. The molecule has 0 spiro atoms. The van der Waals surface area contributed by atoms with E-state index in [1.54, 1.807) is 23.1 Å². The van der Waals surface area contributed by atoms with Crippen molar-refractivity contribution in [2.24, 2.45) is 0 Å². The lowest BCUT2D eigenvalue weighted by molar-refractivity contribution is -0.124. The van der Waals surface area contributed by atoms with Gasteiger partial charge in [-0.2, -0.15) is 0 Å². The van der Waals surface area contributed by atoms with Crippen molar-refractivity contribution in [1.29, 1.82) is 0 Å². The van der Waals surface area contributed by atoms with E-state index >= 15 is 0 Å². The number of hydrogen-bond donors (Lipinski definition) is 1. The molecule has 3 rings (SSSR count). The van der Waals surface area contributed by atoms with Gasteiger partial charge in [0.1, 0.15) is 5.82 Å². The number of amides is 2. The van der Waals surface area contributed by atoms with E-state index in [1.807, 2.05) is 45.0 Å². The Morgan fingerprint density at radius 2 is 2.00 bits per heavy atom. The molecule has 1 N–H and O–H groups in total. The minimum Gasteiger partial charge on any atom is -0.353 e. The minimum atomic E-state index is -0.341. The van der Waals surface area contributed by atoms with Crippen LogP contribution < -0.4 is 10.2 Å². The van der Waals surface area contributed by atoms with Crippen molar-refractivity contribution >= 4 is 23.6 Å². The number of fused-ring (bicyclic) bond motifs is 1. The lowest BCUT2D eigenvalue weighted by atomic mass is 9.85. The van der Waals surface area contributed by atoms with E-state index in [4.69, 9.17) is 0 Å². The van der Waals surface area contributed by atoms with Crippen LogP contribution in [-0.2, 0) is 9.59 Å². The number of para-hydroxylation sites is 1. The number of anilines is 1. The number of rotatable bonds is 5. The third kappa shape index (κ3) is 4.73. The van der Waals surface area contributed by atoms with Gasteiger partial charge in [0.2, 0.25) is 5.91 Å². The smallest absolute Gasteiger partial charge is 0.251 e. The van der Waals surface area contributed by atoms with Gasteiger partial charge in [0.05, 0.1) is 5.92 Å². The van der Waals surface area contributed by atoms with E-state index in [0.717, 1.165) is 17.7 Å². The summed E-state index contributed by atoms with van der Waals surface area (Å²) < 4.78 is 13.4. The summed E-state index contributed by atoms with van der Waals surface area (Å²) in [6.07, 6.45) is 4.49. The van der Waals surface area contributed by atoms with E-state index in [0.29, 0.717) is 12.0 Å². The summed E-state index contributed by atoms with van der Waals surface area (Å²) in [5, 5.41) is 3.06. The normalized spacial score (nSPS) is 19.7. The molecule has 2 amide bonds. The predicted octanol–water partition coefficient (Wildman–Crippen LogP) is 4.66. The molecule has 0 aliphatic carbocycles. The maximum absolute atomic E-state index is 13.4. The summed E-state index contributed by atoms with van der Waals surface area (Å²) >= 11 is 0. The molecule has 0 saturated carbocycles. The fourth-order valence-electron chi connectivity index (χ4n) is 3.70. The molecular formula is C24H27FN2O2. The maximum Gasteiger partial charge on any atom is 0.251 e. The Hall–Kier alpha value is -2.95. The summed E-state index contributed by atoms with van der Waals surface area (Å²) in [5.74, 6) is -0.811. The monoisotopic (exact) mass is 394 g/mol. The Labute approximate surface area is 171 Å².